The van der Waals surface area contributed by atoms with Crippen molar-refractivity contribution >= 4 is 5.91 Å². The number of amides is 1. The van der Waals surface area contributed by atoms with Gasteiger partial charge < -0.3 is 5.32 Å². The molecule has 158 valence electrons. The number of hydrogen-bond acceptors (Lipinski definition) is 2. The van der Waals surface area contributed by atoms with Crippen molar-refractivity contribution in [1.82, 2.24) is 10.2 Å². The van der Waals surface area contributed by atoms with Crippen LogP contribution in [0.15, 0.2) is 54.6 Å². The van der Waals surface area contributed by atoms with Crippen molar-refractivity contribution in [2.75, 3.05) is 19.6 Å². The lowest BCUT2D eigenvalue weighted by molar-refractivity contribution is -0.131. The molecule has 1 spiro atoms. The molecule has 1 amide bonds. The fraction of sp³-hybridized carbons (Fsp3) is 0.519. The van der Waals surface area contributed by atoms with Gasteiger partial charge in [-0.1, -0.05) is 73.0 Å². The molecule has 30 heavy (non-hydrogen) atoms. The van der Waals surface area contributed by atoms with Crippen LogP contribution in [0.2, 0.25) is 0 Å². The van der Waals surface area contributed by atoms with Gasteiger partial charge in [0.25, 0.3) is 0 Å². The largest absolute Gasteiger partial charge is 0.355 e. The monoisotopic (exact) mass is 402 g/mol. The van der Waals surface area contributed by atoms with E-state index < -0.39 is 0 Å². The van der Waals surface area contributed by atoms with Crippen molar-refractivity contribution < 1.29 is 4.79 Å². The maximum atomic E-state index is 13.0. The highest BCUT2D eigenvalue weighted by Gasteiger charge is 2.52. The summed E-state index contributed by atoms with van der Waals surface area (Å²) in [4.78, 5) is 15.7. The molecule has 0 bridgehead atoms. The lowest BCUT2D eigenvalue weighted by Gasteiger charge is -2.47. The molecule has 3 fully saturated rings. The summed E-state index contributed by atoms with van der Waals surface area (Å²) in [7, 11) is 0. The second-order valence-electron chi connectivity index (χ2n) is 9.73. The molecule has 1 aliphatic carbocycles. The molecule has 0 radical (unpaired) electrons. The number of piperidine rings is 1. The summed E-state index contributed by atoms with van der Waals surface area (Å²) in [6.45, 7) is 5.05. The lowest BCUT2D eigenvalue weighted by atomic mass is 9.67. The Balaban J connectivity index is 1.34. The smallest absolute Gasteiger partial charge is 0.227 e. The zero-order valence-corrected chi connectivity index (χ0v) is 18.1. The Morgan fingerprint density at radius 2 is 1.60 bits per heavy atom. The zero-order valence-electron chi connectivity index (χ0n) is 18.1. The molecule has 5 rings (SSSR count). The fourth-order valence-corrected chi connectivity index (χ4v) is 6.43. The Hall–Kier alpha value is -2.13. The van der Waals surface area contributed by atoms with Crippen LogP contribution in [0, 0.1) is 12.3 Å². The third-order valence-electron chi connectivity index (χ3n) is 8.18. The highest BCUT2D eigenvalue weighted by molar-refractivity contribution is 5.86. The number of carbonyl (C=O) groups is 1. The highest BCUT2D eigenvalue weighted by atomic mass is 16.2. The van der Waals surface area contributed by atoms with E-state index >= 15 is 0 Å². The van der Waals surface area contributed by atoms with E-state index in [4.69, 9.17) is 0 Å². The van der Waals surface area contributed by atoms with Gasteiger partial charge in [0, 0.05) is 18.5 Å². The van der Waals surface area contributed by atoms with Crippen LogP contribution in [0.1, 0.15) is 67.1 Å². The third-order valence-corrected chi connectivity index (χ3v) is 8.18. The normalized spacial score (nSPS) is 29.1. The molecule has 0 aromatic heterocycles. The molecule has 3 atom stereocenters. The van der Waals surface area contributed by atoms with Gasteiger partial charge in [0.05, 0.1) is 5.41 Å². The van der Waals surface area contributed by atoms with Crippen LogP contribution in [0.5, 0.6) is 0 Å². The Morgan fingerprint density at radius 1 is 0.900 bits per heavy atom. The van der Waals surface area contributed by atoms with Crippen molar-refractivity contribution in [3.8, 4) is 0 Å². The van der Waals surface area contributed by atoms with Gasteiger partial charge in [0.2, 0.25) is 5.91 Å². The average Bonchev–Trinajstić information content (AvgIpc) is 3.11. The van der Waals surface area contributed by atoms with Crippen molar-refractivity contribution in [1.29, 1.82) is 0 Å². The number of benzene rings is 2. The van der Waals surface area contributed by atoms with Crippen LogP contribution < -0.4 is 5.32 Å². The van der Waals surface area contributed by atoms with Crippen LogP contribution in [-0.2, 0) is 4.79 Å². The third kappa shape index (κ3) is 3.47. The quantitative estimate of drug-likeness (QED) is 0.782. The molecule has 2 heterocycles. The van der Waals surface area contributed by atoms with Gasteiger partial charge in [0.15, 0.2) is 0 Å². The van der Waals surface area contributed by atoms with E-state index in [1.807, 2.05) is 0 Å². The minimum atomic E-state index is -0.216. The standard InChI is InChI=1S/C27H34N2O/c1-20-11-13-21(14-12-20)23-9-5-6-10-25(23)29-17-15-27(16-18-29)24(19-28-26(27)30)22-7-3-2-4-8-22/h2-4,7-8,11-14,23-25H,5-6,9-10,15-19H2,1H3,(H,28,30). The van der Waals surface area contributed by atoms with Crippen molar-refractivity contribution in [2.24, 2.45) is 5.41 Å². The Morgan fingerprint density at radius 3 is 2.33 bits per heavy atom. The van der Waals surface area contributed by atoms with E-state index in [1.54, 1.807) is 0 Å². The minimum Gasteiger partial charge on any atom is -0.355 e. The number of nitrogens with one attached hydrogen (secondary N) is 1. The summed E-state index contributed by atoms with van der Waals surface area (Å²) in [5.74, 6) is 1.23. The van der Waals surface area contributed by atoms with Crippen LogP contribution in [0.4, 0.5) is 0 Å². The number of nitrogens with zero attached hydrogens (tertiary/aromatic N) is 1. The average molecular weight is 403 g/mol. The number of aryl methyl sites for hydroxylation is 1. The van der Waals surface area contributed by atoms with E-state index in [2.05, 4.69) is 71.7 Å². The first-order chi connectivity index (χ1) is 14.7. The fourth-order valence-electron chi connectivity index (χ4n) is 6.43. The van der Waals surface area contributed by atoms with Crippen molar-refractivity contribution in [3.63, 3.8) is 0 Å². The zero-order chi connectivity index (χ0) is 20.6. The van der Waals surface area contributed by atoms with Gasteiger partial charge in [0.1, 0.15) is 0 Å². The van der Waals surface area contributed by atoms with E-state index in [9.17, 15) is 4.79 Å². The van der Waals surface area contributed by atoms with Crippen LogP contribution >= 0.6 is 0 Å². The maximum absolute atomic E-state index is 13.0. The summed E-state index contributed by atoms with van der Waals surface area (Å²) in [6.07, 6.45) is 7.22. The summed E-state index contributed by atoms with van der Waals surface area (Å²) in [5, 5.41) is 3.21. The van der Waals surface area contributed by atoms with Gasteiger partial charge in [-0.15, -0.1) is 0 Å². The molecule has 3 aliphatic rings. The molecule has 2 aromatic rings. The molecule has 1 saturated carbocycles. The first-order valence-corrected chi connectivity index (χ1v) is 11.8. The number of rotatable bonds is 3. The Labute approximate surface area is 180 Å². The van der Waals surface area contributed by atoms with E-state index in [-0.39, 0.29) is 11.3 Å². The topological polar surface area (TPSA) is 32.3 Å². The number of hydrogen-bond donors (Lipinski definition) is 1. The SMILES string of the molecule is Cc1ccc(C2CCCCC2N2CCC3(CC2)C(=O)NCC3c2ccccc2)cc1. The van der Waals surface area contributed by atoms with Gasteiger partial charge >= 0.3 is 0 Å². The molecular formula is C27H34N2O. The first kappa shape index (κ1) is 19.8. The van der Waals surface area contributed by atoms with Gasteiger partial charge in [-0.3, -0.25) is 9.69 Å². The van der Waals surface area contributed by atoms with Crippen LogP contribution in [0.25, 0.3) is 0 Å². The van der Waals surface area contributed by atoms with Crippen LogP contribution in [-0.4, -0.2) is 36.5 Å². The summed E-state index contributed by atoms with van der Waals surface area (Å²) < 4.78 is 0. The summed E-state index contributed by atoms with van der Waals surface area (Å²) >= 11 is 0. The number of carbonyl (C=O) groups excluding carboxylic acids is 1. The predicted molar refractivity (Wildman–Crippen MR) is 122 cm³/mol. The molecule has 1 N–H and O–H groups in total. The predicted octanol–water partition coefficient (Wildman–Crippen LogP) is 5.02. The lowest BCUT2D eigenvalue weighted by Crippen LogP contribution is -2.51. The van der Waals surface area contributed by atoms with Gasteiger partial charge in [-0.25, -0.2) is 0 Å². The second-order valence-corrected chi connectivity index (χ2v) is 9.73. The second kappa shape index (κ2) is 8.19. The van der Waals surface area contributed by atoms with E-state index in [0.717, 1.165) is 32.5 Å². The molecule has 3 heteroatoms. The van der Waals surface area contributed by atoms with E-state index in [1.165, 1.54) is 42.4 Å². The summed E-state index contributed by atoms with van der Waals surface area (Å²) in [5.41, 5.74) is 3.95. The summed E-state index contributed by atoms with van der Waals surface area (Å²) in [6, 6.07) is 20.5. The molecular weight excluding hydrogens is 368 g/mol. The van der Waals surface area contributed by atoms with Crippen molar-refractivity contribution in [2.45, 2.75) is 63.3 Å². The molecule has 2 aromatic carbocycles. The number of likely N-dealkylation sites (tertiary alicyclic amines) is 1. The Kier molecular flexibility index (Phi) is 5.41. The highest BCUT2D eigenvalue weighted by Crippen LogP contribution is 2.49. The molecule has 3 unspecified atom stereocenters. The van der Waals surface area contributed by atoms with Crippen LogP contribution in [0.3, 0.4) is 0 Å². The maximum Gasteiger partial charge on any atom is 0.227 e. The molecule has 3 nitrogen and oxygen atoms in total. The molecule has 2 saturated heterocycles. The Bertz CT molecular complexity index is 867. The van der Waals surface area contributed by atoms with Gasteiger partial charge in [-0.2, -0.15) is 0 Å². The minimum absolute atomic E-state index is 0.216. The first-order valence-electron chi connectivity index (χ1n) is 11.8. The van der Waals surface area contributed by atoms with Gasteiger partial charge in [-0.05, 0) is 62.7 Å². The van der Waals surface area contributed by atoms with E-state index in [0.29, 0.717) is 17.9 Å². The van der Waals surface area contributed by atoms with Crippen molar-refractivity contribution in [3.05, 3.63) is 71.3 Å². The molecule has 2 aliphatic heterocycles.